The summed E-state index contributed by atoms with van der Waals surface area (Å²) < 4.78 is 0. The van der Waals surface area contributed by atoms with Gasteiger partial charge in [0.1, 0.15) is 11.4 Å². The Morgan fingerprint density at radius 3 is 2.31 bits per heavy atom. The molecule has 0 saturated carbocycles. The summed E-state index contributed by atoms with van der Waals surface area (Å²) in [6, 6.07) is 26.5. The van der Waals surface area contributed by atoms with Crippen LogP contribution in [0.1, 0.15) is 42.6 Å². The molecule has 164 valence electrons. The second-order valence-electron chi connectivity index (χ2n) is 7.76. The van der Waals surface area contributed by atoms with Gasteiger partial charge in [-0.1, -0.05) is 103 Å². The van der Waals surface area contributed by atoms with Gasteiger partial charge < -0.3 is 5.32 Å². The van der Waals surface area contributed by atoms with Crippen LogP contribution in [0.3, 0.4) is 0 Å². The molecule has 0 fully saturated rings. The molecule has 3 aromatic carbocycles. The van der Waals surface area contributed by atoms with E-state index < -0.39 is 0 Å². The lowest BCUT2D eigenvalue weighted by atomic mass is 10.0. The van der Waals surface area contributed by atoms with Gasteiger partial charge >= 0.3 is 0 Å². The third-order valence-corrected chi connectivity index (χ3v) is 5.98. The highest BCUT2D eigenvalue weighted by atomic mass is 35.5. The summed E-state index contributed by atoms with van der Waals surface area (Å²) in [4.78, 5) is 1.71. The fourth-order valence-corrected chi connectivity index (χ4v) is 4.24. The van der Waals surface area contributed by atoms with E-state index in [2.05, 4.69) is 48.6 Å². The van der Waals surface area contributed by atoms with E-state index in [9.17, 15) is 0 Å². The Hall–Kier alpha value is -2.66. The van der Waals surface area contributed by atoms with Gasteiger partial charge in [0.2, 0.25) is 0 Å². The predicted molar refractivity (Wildman–Crippen MR) is 132 cm³/mol. The van der Waals surface area contributed by atoms with Crippen molar-refractivity contribution in [3.8, 4) is 11.3 Å². The van der Waals surface area contributed by atoms with Gasteiger partial charge in [-0.15, -0.1) is 0 Å². The summed E-state index contributed by atoms with van der Waals surface area (Å²) in [5, 5.41) is 14.6. The summed E-state index contributed by atoms with van der Waals surface area (Å²) in [7, 11) is 0. The topological polar surface area (TPSA) is 42.7 Å². The average molecular weight is 465 g/mol. The number of rotatable bonds is 9. The quantitative estimate of drug-likeness (QED) is 0.291. The maximum Gasteiger partial charge on any atom is 0.117 e. The minimum Gasteiger partial charge on any atom is -0.304 e. The molecule has 1 aromatic heterocycles. The van der Waals surface area contributed by atoms with Gasteiger partial charge in [-0.25, -0.2) is 0 Å². The van der Waals surface area contributed by atoms with Crippen LogP contribution in [-0.2, 0) is 13.1 Å². The minimum absolute atomic E-state index is 0.265. The number of benzene rings is 3. The van der Waals surface area contributed by atoms with Crippen molar-refractivity contribution >= 4 is 23.2 Å². The van der Waals surface area contributed by atoms with Gasteiger partial charge in [-0.05, 0) is 29.7 Å². The highest BCUT2D eigenvalue weighted by Gasteiger charge is 2.17. The molecule has 4 nitrogen and oxygen atoms in total. The van der Waals surface area contributed by atoms with Gasteiger partial charge in [0.05, 0.1) is 6.54 Å². The molecule has 1 heterocycles. The van der Waals surface area contributed by atoms with Crippen molar-refractivity contribution in [2.45, 2.75) is 38.9 Å². The number of nitrogens with one attached hydrogen (secondary N) is 1. The average Bonchev–Trinajstić information content (AvgIpc) is 3.22. The Morgan fingerprint density at radius 1 is 0.906 bits per heavy atom. The molecule has 0 aliphatic heterocycles. The van der Waals surface area contributed by atoms with Crippen molar-refractivity contribution in [2.24, 2.45) is 0 Å². The summed E-state index contributed by atoms with van der Waals surface area (Å²) in [5.41, 5.74) is 5.06. The van der Waals surface area contributed by atoms with E-state index in [4.69, 9.17) is 33.4 Å². The zero-order valence-corrected chi connectivity index (χ0v) is 19.5. The molecule has 4 rings (SSSR count). The molecule has 1 N–H and O–H groups in total. The fourth-order valence-electron chi connectivity index (χ4n) is 3.78. The van der Waals surface area contributed by atoms with Gasteiger partial charge in [0, 0.05) is 28.2 Å². The fraction of sp³-hybridized carbons (Fsp3) is 0.231. The molecule has 1 atom stereocenters. The largest absolute Gasteiger partial charge is 0.304 e. The van der Waals surface area contributed by atoms with E-state index in [1.807, 2.05) is 36.4 Å². The first-order valence-electron chi connectivity index (χ1n) is 10.9. The van der Waals surface area contributed by atoms with Gasteiger partial charge in [0.25, 0.3) is 0 Å². The summed E-state index contributed by atoms with van der Waals surface area (Å²) in [5.74, 6) is 0. The maximum atomic E-state index is 6.38. The lowest BCUT2D eigenvalue weighted by Crippen LogP contribution is -2.21. The summed E-state index contributed by atoms with van der Waals surface area (Å²) in [6.07, 6.45) is 2.15. The lowest BCUT2D eigenvalue weighted by Gasteiger charge is -2.18. The van der Waals surface area contributed by atoms with Crippen molar-refractivity contribution in [2.75, 3.05) is 0 Å². The molecule has 0 spiro atoms. The van der Waals surface area contributed by atoms with E-state index in [0.717, 1.165) is 35.4 Å². The van der Waals surface area contributed by atoms with Crippen molar-refractivity contribution in [3.05, 3.63) is 106 Å². The van der Waals surface area contributed by atoms with Crippen LogP contribution in [0, 0.1) is 0 Å². The van der Waals surface area contributed by atoms with E-state index in [-0.39, 0.29) is 6.04 Å². The molecule has 0 aliphatic carbocycles. The monoisotopic (exact) mass is 464 g/mol. The zero-order chi connectivity index (χ0) is 22.3. The molecule has 0 amide bonds. The molecule has 4 aromatic rings. The SMILES string of the molecule is CCC[C@H](NCc1nn(Cc2ccc(Cl)cc2Cl)nc1-c1ccccc1)c1ccccc1. The number of nitrogens with zero attached hydrogens (tertiary/aromatic N) is 3. The van der Waals surface area contributed by atoms with Crippen LogP contribution in [0.5, 0.6) is 0 Å². The minimum atomic E-state index is 0.265. The van der Waals surface area contributed by atoms with Crippen LogP contribution in [0.2, 0.25) is 10.0 Å². The smallest absolute Gasteiger partial charge is 0.117 e. The van der Waals surface area contributed by atoms with Crippen LogP contribution < -0.4 is 5.32 Å². The molecule has 6 heteroatoms. The van der Waals surface area contributed by atoms with Crippen molar-refractivity contribution < 1.29 is 0 Å². The van der Waals surface area contributed by atoms with Crippen molar-refractivity contribution in [1.29, 1.82) is 0 Å². The second-order valence-corrected chi connectivity index (χ2v) is 8.60. The van der Waals surface area contributed by atoms with Crippen LogP contribution in [0.25, 0.3) is 11.3 Å². The Bertz CT molecular complexity index is 1140. The highest BCUT2D eigenvalue weighted by molar-refractivity contribution is 6.35. The van der Waals surface area contributed by atoms with Crippen LogP contribution in [-0.4, -0.2) is 15.0 Å². The summed E-state index contributed by atoms with van der Waals surface area (Å²) >= 11 is 12.4. The van der Waals surface area contributed by atoms with Crippen LogP contribution in [0.4, 0.5) is 0 Å². The molecule has 0 aliphatic rings. The number of halogens is 2. The van der Waals surface area contributed by atoms with E-state index in [0.29, 0.717) is 23.1 Å². The lowest BCUT2D eigenvalue weighted by molar-refractivity contribution is 0.485. The Kier molecular flexibility index (Phi) is 7.59. The number of hydrogen-bond donors (Lipinski definition) is 1. The molecule has 0 bridgehead atoms. The normalized spacial score (nSPS) is 12.1. The first kappa shape index (κ1) is 22.5. The molecule has 32 heavy (non-hydrogen) atoms. The molecule has 0 saturated heterocycles. The van der Waals surface area contributed by atoms with Gasteiger partial charge in [-0.2, -0.15) is 15.0 Å². The number of aromatic nitrogens is 3. The third-order valence-electron chi connectivity index (χ3n) is 5.39. The molecule has 0 radical (unpaired) electrons. The highest BCUT2D eigenvalue weighted by Crippen LogP contribution is 2.25. The second kappa shape index (κ2) is 10.8. The Morgan fingerprint density at radius 2 is 1.62 bits per heavy atom. The van der Waals surface area contributed by atoms with E-state index in [1.54, 1.807) is 10.9 Å². The van der Waals surface area contributed by atoms with Gasteiger partial charge in [-0.3, -0.25) is 0 Å². The van der Waals surface area contributed by atoms with Gasteiger partial charge in [0.15, 0.2) is 0 Å². The molecular formula is C26H26Cl2N4. The van der Waals surface area contributed by atoms with Crippen LogP contribution in [0.15, 0.2) is 78.9 Å². The van der Waals surface area contributed by atoms with Crippen molar-refractivity contribution in [3.63, 3.8) is 0 Å². The maximum absolute atomic E-state index is 6.38. The Labute approximate surface area is 199 Å². The number of hydrogen-bond acceptors (Lipinski definition) is 3. The first-order valence-corrected chi connectivity index (χ1v) is 11.6. The van der Waals surface area contributed by atoms with Crippen LogP contribution >= 0.6 is 23.2 Å². The van der Waals surface area contributed by atoms with E-state index >= 15 is 0 Å². The molecular weight excluding hydrogens is 439 g/mol. The Balaban J connectivity index is 1.61. The zero-order valence-electron chi connectivity index (χ0n) is 18.0. The molecule has 0 unspecified atom stereocenters. The van der Waals surface area contributed by atoms with Crippen molar-refractivity contribution in [1.82, 2.24) is 20.3 Å². The third kappa shape index (κ3) is 5.57. The summed E-state index contributed by atoms with van der Waals surface area (Å²) in [6.45, 7) is 3.31. The first-order chi connectivity index (χ1) is 15.6. The van der Waals surface area contributed by atoms with E-state index in [1.165, 1.54) is 5.56 Å². The standard InChI is InChI=1S/C26H26Cl2N4/c1-2-9-24(19-10-5-3-6-11-19)29-17-25-26(20-12-7-4-8-13-20)31-32(30-25)18-21-14-15-22(27)16-23(21)28/h3-8,10-16,24,29H,2,9,17-18H2,1H3/t24-/m0/s1. The predicted octanol–water partition coefficient (Wildman–Crippen LogP) is 6.93.